The molecular weight excluding hydrogens is 554 g/mol. The Balaban J connectivity index is 1.18. The number of nitrogens with zero attached hydrogens (tertiary/aromatic N) is 4. The Kier molecular flexibility index (Phi) is 9.63. The van der Waals surface area contributed by atoms with Crippen molar-refractivity contribution in [2.45, 2.75) is 45.2 Å². The fourth-order valence-corrected chi connectivity index (χ4v) is 5.15. The number of amides is 4. The number of rotatable bonds is 9. The minimum Gasteiger partial charge on any atom is -0.322 e. The largest absolute Gasteiger partial charge is 0.417 e. The summed E-state index contributed by atoms with van der Waals surface area (Å²) < 4.78 is 53.5. The summed E-state index contributed by atoms with van der Waals surface area (Å²) in [4.78, 5) is 42.9. The summed E-state index contributed by atoms with van der Waals surface area (Å²) in [6.45, 7) is 4.92. The highest BCUT2D eigenvalue weighted by Crippen LogP contribution is 2.37. The summed E-state index contributed by atoms with van der Waals surface area (Å²) in [6.07, 6.45) is -1.20. The van der Waals surface area contributed by atoms with E-state index in [4.69, 9.17) is 5.26 Å². The Bertz CT molecular complexity index is 1420. The van der Waals surface area contributed by atoms with E-state index in [-0.39, 0.29) is 17.3 Å². The number of alkyl halides is 3. The fraction of sp³-hybridized carbons (Fsp3) is 0.400. The molecule has 1 saturated heterocycles. The van der Waals surface area contributed by atoms with Crippen LogP contribution in [0.2, 0.25) is 0 Å². The molecule has 42 heavy (non-hydrogen) atoms. The van der Waals surface area contributed by atoms with Gasteiger partial charge in [0.25, 0.3) is 11.8 Å². The Morgan fingerprint density at radius 3 is 2.36 bits per heavy atom. The monoisotopic (exact) mass is 585 g/mol. The number of hydrogen-bond acceptors (Lipinski definition) is 5. The van der Waals surface area contributed by atoms with Crippen molar-refractivity contribution in [1.82, 2.24) is 9.80 Å². The van der Waals surface area contributed by atoms with E-state index in [2.05, 4.69) is 10.2 Å². The van der Waals surface area contributed by atoms with Crippen molar-refractivity contribution in [1.29, 1.82) is 5.26 Å². The number of nitrogens with one attached hydrogen (secondary N) is 1. The lowest BCUT2D eigenvalue weighted by Crippen LogP contribution is -2.50. The highest BCUT2D eigenvalue weighted by atomic mass is 19.4. The maximum Gasteiger partial charge on any atom is 0.417 e. The van der Waals surface area contributed by atoms with Gasteiger partial charge < -0.3 is 10.2 Å². The zero-order valence-corrected chi connectivity index (χ0v) is 23.1. The molecule has 1 N–H and O–H groups in total. The number of urea groups is 1. The van der Waals surface area contributed by atoms with Gasteiger partial charge in [-0.05, 0) is 69.1 Å². The number of hydrogen-bond donors (Lipinski definition) is 1. The molecule has 0 bridgehead atoms. The molecule has 8 nitrogen and oxygen atoms in total. The number of nitriles is 1. The molecule has 4 amide bonds. The predicted molar refractivity (Wildman–Crippen MR) is 148 cm³/mol. The smallest absolute Gasteiger partial charge is 0.322 e. The van der Waals surface area contributed by atoms with Crippen molar-refractivity contribution in [3.63, 3.8) is 0 Å². The van der Waals surface area contributed by atoms with Gasteiger partial charge in [0.15, 0.2) is 0 Å². The number of carbonyl (C=O) groups excluding carboxylic acids is 3. The Hall–Kier alpha value is -4.24. The molecule has 0 atom stereocenters. The molecule has 0 radical (unpaired) electrons. The molecule has 0 aliphatic carbocycles. The summed E-state index contributed by atoms with van der Waals surface area (Å²) >= 11 is 0. The summed E-state index contributed by atoms with van der Waals surface area (Å²) in [5.74, 6) is -1.70. The molecule has 0 saturated carbocycles. The van der Waals surface area contributed by atoms with Crippen molar-refractivity contribution in [2.24, 2.45) is 0 Å². The van der Waals surface area contributed by atoms with Gasteiger partial charge in [0.05, 0.1) is 22.9 Å². The topological polar surface area (TPSA) is 96.8 Å². The van der Waals surface area contributed by atoms with Gasteiger partial charge in [0.1, 0.15) is 5.82 Å². The molecule has 4 rings (SSSR count). The highest BCUT2D eigenvalue weighted by molar-refractivity contribution is 6.32. The van der Waals surface area contributed by atoms with Crippen LogP contribution in [0.4, 0.5) is 33.7 Å². The van der Waals surface area contributed by atoms with E-state index < -0.39 is 34.9 Å². The van der Waals surface area contributed by atoms with Gasteiger partial charge in [0.2, 0.25) is 0 Å². The first-order chi connectivity index (χ1) is 20.0. The molecule has 0 spiro atoms. The first-order valence-electron chi connectivity index (χ1n) is 13.7. The van der Waals surface area contributed by atoms with E-state index in [1.54, 1.807) is 11.0 Å². The summed E-state index contributed by atoms with van der Waals surface area (Å²) in [7, 11) is 0. The zero-order valence-electron chi connectivity index (χ0n) is 23.1. The first-order valence-corrected chi connectivity index (χ1v) is 13.7. The number of benzene rings is 2. The number of carbonyl (C=O) groups is 3. The highest BCUT2D eigenvalue weighted by Gasteiger charge is 2.39. The lowest BCUT2D eigenvalue weighted by atomic mass is 10.0. The van der Waals surface area contributed by atoms with E-state index in [0.717, 1.165) is 49.9 Å². The maximum absolute atomic E-state index is 13.4. The van der Waals surface area contributed by atoms with Crippen LogP contribution in [0.5, 0.6) is 0 Å². The van der Waals surface area contributed by atoms with E-state index >= 15 is 0 Å². The van der Waals surface area contributed by atoms with Crippen LogP contribution in [-0.2, 0) is 15.8 Å². The number of imide groups is 1. The SMILES string of the molecule is CC1=C(CCCCCCN2CCN(C(=O)Nc3cccc(F)c3)CC2)C(=O)N(c2ccc(C#N)c(C(F)(F)F)c2)C1=O. The van der Waals surface area contributed by atoms with Crippen LogP contribution in [0, 0.1) is 17.1 Å². The molecule has 12 heteroatoms. The normalized spacial score (nSPS) is 16.3. The minimum atomic E-state index is -4.80. The minimum absolute atomic E-state index is 0.211. The Morgan fingerprint density at radius 2 is 1.69 bits per heavy atom. The van der Waals surface area contributed by atoms with Crippen LogP contribution in [-0.4, -0.2) is 60.4 Å². The van der Waals surface area contributed by atoms with Crippen molar-refractivity contribution in [3.05, 3.63) is 70.6 Å². The maximum atomic E-state index is 13.4. The van der Waals surface area contributed by atoms with Crippen LogP contribution in [0.15, 0.2) is 53.6 Å². The van der Waals surface area contributed by atoms with E-state index in [1.165, 1.54) is 37.3 Å². The number of anilines is 2. The molecule has 2 aromatic rings. The molecule has 222 valence electrons. The summed E-state index contributed by atoms with van der Waals surface area (Å²) in [5.41, 5.74) is -1.05. The third kappa shape index (κ3) is 7.15. The molecule has 0 unspecified atom stereocenters. The van der Waals surface area contributed by atoms with E-state index in [0.29, 0.717) is 43.3 Å². The van der Waals surface area contributed by atoms with Crippen LogP contribution in [0.25, 0.3) is 0 Å². The fourth-order valence-electron chi connectivity index (χ4n) is 5.15. The molecule has 2 aromatic carbocycles. The molecule has 2 aliphatic heterocycles. The van der Waals surface area contributed by atoms with Crippen molar-refractivity contribution < 1.29 is 31.9 Å². The Labute approximate surface area is 241 Å². The average Bonchev–Trinajstić information content (AvgIpc) is 3.17. The lowest BCUT2D eigenvalue weighted by Gasteiger charge is -2.34. The van der Waals surface area contributed by atoms with Crippen molar-refractivity contribution in [3.8, 4) is 6.07 Å². The van der Waals surface area contributed by atoms with Gasteiger partial charge in [-0.1, -0.05) is 18.9 Å². The quantitative estimate of drug-likeness (QED) is 0.231. The van der Waals surface area contributed by atoms with Gasteiger partial charge in [-0.3, -0.25) is 14.5 Å². The third-order valence-electron chi connectivity index (χ3n) is 7.51. The summed E-state index contributed by atoms with van der Waals surface area (Å²) in [5, 5.41) is 11.7. The molecule has 1 fully saturated rings. The molecule has 2 heterocycles. The van der Waals surface area contributed by atoms with Crippen molar-refractivity contribution >= 4 is 29.2 Å². The number of halogens is 4. The third-order valence-corrected chi connectivity index (χ3v) is 7.51. The Morgan fingerprint density at radius 1 is 0.976 bits per heavy atom. The number of unbranched alkanes of at least 4 members (excludes halogenated alkanes) is 3. The van der Waals surface area contributed by atoms with Crippen molar-refractivity contribution in [2.75, 3.05) is 42.9 Å². The second-order valence-corrected chi connectivity index (χ2v) is 10.3. The van der Waals surface area contributed by atoms with Gasteiger partial charge in [-0.15, -0.1) is 0 Å². The van der Waals surface area contributed by atoms with Gasteiger partial charge in [0, 0.05) is 43.0 Å². The van der Waals surface area contributed by atoms with Gasteiger partial charge in [-0.25, -0.2) is 14.1 Å². The molecule has 0 aromatic heterocycles. The van der Waals surface area contributed by atoms with E-state index in [9.17, 15) is 31.9 Å². The van der Waals surface area contributed by atoms with Crippen LogP contribution in [0.3, 0.4) is 0 Å². The predicted octanol–water partition coefficient (Wildman–Crippen LogP) is 5.71. The van der Waals surface area contributed by atoms with Gasteiger partial charge in [-0.2, -0.15) is 18.4 Å². The first kappa shape index (κ1) is 30.7. The van der Waals surface area contributed by atoms with Crippen LogP contribution >= 0.6 is 0 Å². The van der Waals surface area contributed by atoms with Crippen LogP contribution in [0.1, 0.15) is 50.2 Å². The summed E-state index contributed by atoms with van der Waals surface area (Å²) in [6, 6.07) is 9.79. The molecule has 2 aliphatic rings. The number of piperazine rings is 1. The standard InChI is InChI=1S/C30H31F4N5O3/c1-20-25(28(41)39(27(20)40)24-11-10-21(19-35)26(18-24)30(32,33)34)9-4-2-3-5-12-37-13-15-38(16-14-37)29(42)36-23-8-6-7-22(31)17-23/h6-8,10-11,17-18H,2-5,9,12-16H2,1H3,(H,36,42). The van der Waals surface area contributed by atoms with E-state index in [1.807, 2.05) is 0 Å². The second kappa shape index (κ2) is 13.2. The average molecular weight is 586 g/mol. The van der Waals surface area contributed by atoms with Gasteiger partial charge >= 0.3 is 12.2 Å². The van der Waals surface area contributed by atoms with Crippen LogP contribution < -0.4 is 10.2 Å². The molecular formula is C30H31F4N5O3. The lowest BCUT2D eigenvalue weighted by molar-refractivity contribution is -0.138. The second-order valence-electron chi connectivity index (χ2n) is 10.3. The zero-order chi connectivity index (χ0) is 30.4.